The lowest BCUT2D eigenvalue weighted by molar-refractivity contribution is -0.393. The molecule has 10 heteroatoms. The van der Waals surface area contributed by atoms with E-state index in [1.165, 1.54) is 6.07 Å². The first-order valence-electron chi connectivity index (χ1n) is 6.18. The number of nitrogens with one attached hydrogen (secondary N) is 1. The fourth-order valence-corrected chi connectivity index (χ4v) is 1.88. The molecule has 21 heavy (non-hydrogen) atoms. The van der Waals surface area contributed by atoms with Gasteiger partial charge in [0.1, 0.15) is 5.69 Å². The molecule has 114 valence electrons. The van der Waals surface area contributed by atoms with Crippen LogP contribution in [0.5, 0.6) is 0 Å². The molecule has 1 fully saturated rings. The maximum Gasteiger partial charge on any atom is 0.301 e. The van der Waals surface area contributed by atoms with Gasteiger partial charge in [-0.25, -0.2) is 0 Å². The molecule has 0 amide bonds. The zero-order chi connectivity index (χ0) is 15.6. The number of anilines is 2. The fourth-order valence-electron chi connectivity index (χ4n) is 1.88. The summed E-state index contributed by atoms with van der Waals surface area (Å²) in [6.45, 7) is 0.685. The molecule has 0 aliphatic carbocycles. The predicted octanol–water partition coefficient (Wildman–Crippen LogP) is 0.0881. The van der Waals surface area contributed by atoms with Gasteiger partial charge in [0.25, 0.3) is 5.69 Å². The third-order valence-corrected chi connectivity index (χ3v) is 2.98. The molecule has 1 saturated heterocycles. The number of rotatable bonds is 7. The first-order chi connectivity index (χ1) is 9.93. The molecule has 1 aromatic rings. The molecule has 10 nitrogen and oxygen atoms in total. The van der Waals surface area contributed by atoms with Gasteiger partial charge in [-0.05, 0) is 0 Å². The van der Waals surface area contributed by atoms with E-state index in [4.69, 9.17) is 5.11 Å². The highest BCUT2D eigenvalue weighted by molar-refractivity contribution is 5.84. The van der Waals surface area contributed by atoms with Crippen molar-refractivity contribution in [2.24, 2.45) is 0 Å². The summed E-state index contributed by atoms with van der Waals surface area (Å²) in [5, 5.41) is 42.8. The third-order valence-electron chi connectivity index (χ3n) is 2.98. The molecule has 1 atom stereocenters. The summed E-state index contributed by atoms with van der Waals surface area (Å²) in [6, 6.07) is 2.10. The fraction of sp³-hybridized carbons (Fsp3) is 0.455. The molecular weight excluding hydrogens is 284 g/mol. The quantitative estimate of drug-likeness (QED) is 0.365. The van der Waals surface area contributed by atoms with Crippen molar-refractivity contribution in [2.75, 3.05) is 36.5 Å². The van der Waals surface area contributed by atoms with E-state index in [9.17, 15) is 25.3 Å². The Morgan fingerprint density at radius 2 is 1.95 bits per heavy atom. The van der Waals surface area contributed by atoms with E-state index in [1.807, 2.05) is 0 Å². The summed E-state index contributed by atoms with van der Waals surface area (Å²) < 4.78 is 0. The molecule has 1 heterocycles. The minimum Gasteiger partial charge on any atom is -0.394 e. The van der Waals surface area contributed by atoms with Gasteiger partial charge in [0.05, 0.1) is 34.3 Å². The monoisotopic (exact) mass is 298 g/mol. The number of non-ortho nitro benzene ring substituents is 1. The SMILES string of the molecule is O=[N+]([O-])c1cc(NCC(O)CO)c(N2CC2)c([N+](=O)[O-])c1. The van der Waals surface area contributed by atoms with Crippen LogP contribution in [-0.2, 0) is 0 Å². The maximum atomic E-state index is 11.1. The summed E-state index contributed by atoms with van der Waals surface area (Å²) >= 11 is 0. The first kappa shape index (κ1) is 14.9. The van der Waals surface area contributed by atoms with Gasteiger partial charge in [0, 0.05) is 25.7 Å². The van der Waals surface area contributed by atoms with E-state index in [0.717, 1.165) is 6.07 Å². The first-order valence-corrected chi connectivity index (χ1v) is 6.18. The number of aliphatic hydroxyl groups is 2. The van der Waals surface area contributed by atoms with Gasteiger partial charge >= 0.3 is 5.69 Å². The Bertz CT molecular complexity index is 574. The van der Waals surface area contributed by atoms with Crippen LogP contribution >= 0.6 is 0 Å². The number of aliphatic hydroxyl groups excluding tert-OH is 2. The molecule has 2 rings (SSSR count). The summed E-state index contributed by atoms with van der Waals surface area (Å²) in [5.41, 5.74) is -0.312. The Morgan fingerprint density at radius 1 is 1.29 bits per heavy atom. The Hall–Kier alpha value is -2.46. The van der Waals surface area contributed by atoms with Crippen molar-refractivity contribution >= 4 is 22.7 Å². The van der Waals surface area contributed by atoms with Crippen molar-refractivity contribution < 1.29 is 20.1 Å². The highest BCUT2D eigenvalue weighted by Gasteiger charge is 2.32. The summed E-state index contributed by atoms with van der Waals surface area (Å²) in [5.74, 6) is 0. The van der Waals surface area contributed by atoms with E-state index < -0.39 is 28.2 Å². The second kappa shape index (κ2) is 5.89. The second-order valence-electron chi connectivity index (χ2n) is 4.58. The average Bonchev–Trinajstić information content (AvgIpc) is 3.27. The van der Waals surface area contributed by atoms with Crippen molar-refractivity contribution in [3.8, 4) is 0 Å². The van der Waals surface area contributed by atoms with Crippen LogP contribution in [0, 0.1) is 20.2 Å². The number of nitrogens with zero attached hydrogens (tertiary/aromatic N) is 3. The molecule has 1 aliphatic heterocycles. The number of benzene rings is 1. The van der Waals surface area contributed by atoms with Crippen LogP contribution in [0.25, 0.3) is 0 Å². The highest BCUT2D eigenvalue weighted by Crippen LogP contribution is 2.42. The van der Waals surface area contributed by atoms with Gasteiger partial charge in [0.15, 0.2) is 0 Å². The Kier molecular flexibility index (Phi) is 4.19. The molecule has 3 N–H and O–H groups in total. The van der Waals surface area contributed by atoms with Crippen molar-refractivity contribution in [1.29, 1.82) is 0 Å². The Morgan fingerprint density at radius 3 is 2.43 bits per heavy atom. The predicted molar refractivity (Wildman–Crippen MR) is 73.5 cm³/mol. The van der Waals surface area contributed by atoms with Gasteiger partial charge < -0.3 is 20.4 Å². The van der Waals surface area contributed by atoms with Gasteiger partial charge in [-0.15, -0.1) is 0 Å². The molecule has 0 bridgehead atoms. The van der Waals surface area contributed by atoms with Crippen LogP contribution in [0.2, 0.25) is 0 Å². The summed E-state index contributed by atoms with van der Waals surface area (Å²) in [4.78, 5) is 22.3. The number of nitro groups is 2. The van der Waals surface area contributed by atoms with E-state index in [1.54, 1.807) is 4.90 Å². The molecule has 1 aromatic carbocycles. The van der Waals surface area contributed by atoms with E-state index in [2.05, 4.69) is 5.32 Å². The standard InChI is InChI=1S/C11H14N4O6/c16-6-8(17)5-12-9-3-7(14(18)19)4-10(15(20)21)11(9)13-1-2-13/h3-4,8,12,16-17H,1-2,5-6H2. The average molecular weight is 298 g/mol. The largest absolute Gasteiger partial charge is 0.394 e. The number of hydrogen-bond donors (Lipinski definition) is 3. The third kappa shape index (κ3) is 3.35. The van der Waals surface area contributed by atoms with Crippen LogP contribution in [0.4, 0.5) is 22.7 Å². The lowest BCUT2D eigenvalue weighted by atomic mass is 10.2. The maximum absolute atomic E-state index is 11.1. The van der Waals surface area contributed by atoms with E-state index in [-0.39, 0.29) is 23.6 Å². The molecule has 0 saturated carbocycles. The molecule has 0 aromatic heterocycles. The van der Waals surface area contributed by atoms with Crippen molar-refractivity contribution in [3.63, 3.8) is 0 Å². The second-order valence-corrected chi connectivity index (χ2v) is 4.58. The normalized spacial score (nSPS) is 14.7. The molecule has 0 radical (unpaired) electrons. The molecule has 1 aliphatic rings. The van der Waals surface area contributed by atoms with Gasteiger partial charge in [-0.2, -0.15) is 0 Å². The summed E-state index contributed by atoms with van der Waals surface area (Å²) in [7, 11) is 0. The summed E-state index contributed by atoms with van der Waals surface area (Å²) in [6.07, 6.45) is -1.06. The Labute approximate surface area is 118 Å². The minimum absolute atomic E-state index is 0.0737. The van der Waals surface area contributed by atoms with Crippen LogP contribution in [0.1, 0.15) is 0 Å². The highest BCUT2D eigenvalue weighted by atomic mass is 16.6. The smallest absolute Gasteiger partial charge is 0.301 e. The molecule has 0 spiro atoms. The van der Waals surface area contributed by atoms with Gasteiger partial charge in [-0.1, -0.05) is 0 Å². The number of nitro benzene ring substituents is 2. The Balaban J connectivity index is 2.43. The van der Waals surface area contributed by atoms with Crippen LogP contribution in [0.3, 0.4) is 0 Å². The lowest BCUT2D eigenvalue weighted by Crippen LogP contribution is -2.23. The zero-order valence-corrected chi connectivity index (χ0v) is 10.9. The molecule has 1 unspecified atom stereocenters. The van der Waals surface area contributed by atoms with E-state index >= 15 is 0 Å². The van der Waals surface area contributed by atoms with Crippen LogP contribution in [0.15, 0.2) is 12.1 Å². The molecular formula is C11H14N4O6. The van der Waals surface area contributed by atoms with Crippen molar-refractivity contribution in [2.45, 2.75) is 6.10 Å². The minimum atomic E-state index is -1.06. The van der Waals surface area contributed by atoms with Crippen LogP contribution < -0.4 is 10.2 Å². The van der Waals surface area contributed by atoms with Gasteiger partial charge in [-0.3, -0.25) is 20.2 Å². The zero-order valence-electron chi connectivity index (χ0n) is 10.9. The van der Waals surface area contributed by atoms with Crippen molar-refractivity contribution in [1.82, 2.24) is 0 Å². The van der Waals surface area contributed by atoms with Crippen molar-refractivity contribution in [3.05, 3.63) is 32.4 Å². The topological polar surface area (TPSA) is 142 Å². The van der Waals surface area contributed by atoms with Crippen LogP contribution in [-0.4, -0.2) is 52.4 Å². The van der Waals surface area contributed by atoms with Gasteiger partial charge in [0.2, 0.25) is 0 Å². The lowest BCUT2D eigenvalue weighted by Gasteiger charge is -2.15. The number of hydrogen-bond acceptors (Lipinski definition) is 8. The van der Waals surface area contributed by atoms with E-state index in [0.29, 0.717) is 13.1 Å².